The largest absolute Gasteiger partial charge is 0.329 e. The van der Waals surface area contributed by atoms with Gasteiger partial charge in [-0.25, -0.2) is 0 Å². The quantitative estimate of drug-likeness (QED) is 0.882. The van der Waals surface area contributed by atoms with Gasteiger partial charge < -0.3 is 5.73 Å². The van der Waals surface area contributed by atoms with Gasteiger partial charge in [0.25, 0.3) is 0 Å². The molecule has 1 aromatic carbocycles. The Balaban J connectivity index is 1.79. The molecule has 0 radical (unpaired) electrons. The van der Waals surface area contributed by atoms with E-state index in [-0.39, 0.29) is 5.54 Å². The summed E-state index contributed by atoms with van der Waals surface area (Å²) in [5, 5.41) is 0. The molecule has 1 heterocycles. The van der Waals surface area contributed by atoms with Crippen LogP contribution in [0, 0.1) is 5.41 Å². The van der Waals surface area contributed by atoms with E-state index in [0.717, 1.165) is 19.6 Å². The van der Waals surface area contributed by atoms with Crippen LogP contribution in [0.25, 0.3) is 0 Å². The van der Waals surface area contributed by atoms with Crippen LogP contribution in [0.15, 0.2) is 24.3 Å². The molecule has 0 saturated heterocycles. The maximum absolute atomic E-state index is 6.20. The Morgan fingerprint density at radius 1 is 1.00 bits per heavy atom. The predicted molar refractivity (Wildman–Crippen MR) is 79.7 cm³/mol. The second kappa shape index (κ2) is 4.60. The minimum absolute atomic E-state index is 0.245. The highest BCUT2D eigenvalue weighted by atomic mass is 15.2. The summed E-state index contributed by atoms with van der Waals surface area (Å²) in [6, 6.07) is 8.85. The van der Waals surface area contributed by atoms with Crippen molar-refractivity contribution in [2.75, 3.05) is 6.54 Å². The molecule has 2 N–H and O–H groups in total. The molecule has 0 unspecified atom stereocenters. The van der Waals surface area contributed by atoms with E-state index in [2.05, 4.69) is 43.0 Å². The SMILES string of the molecule is CC1(C)CCC(CN)(N2Cc3ccccc3C2)CC1. The first kappa shape index (κ1) is 13.1. The lowest BCUT2D eigenvalue weighted by atomic mass is 9.68. The molecule has 0 amide bonds. The molecule has 1 aliphatic carbocycles. The third-order valence-electron chi connectivity index (χ3n) is 5.43. The molecule has 2 nitrogen and oxygen atoms in total. The number of hydrogen-bond acceptors (Lipinski definition) is 2. The summed E-state index contributed by atoms with van der Waals surface area (Å²) in [4.78, 5) is 2.65. The van der Waals surface area contributed by atoms with Gasteiger partial charge in [0.2, 0.25) is 0 Å². The monoisotopic (exact) mass is 258 g/mol. The zero-order chi connectivity index (χ0) is 13.5. The van der Waals surface area contributed by atoms with Crippen molar-refractivity contribution in [3.05, 3.63) is 35.4 Å². The van der Waals surface area contributed by atoms with Gasteiger partial charge in [-0.05, 0) is 42.2 Å². The Hall–Kier alpha value is -0.860. The zero-order valence-electron chi connectivity index (χ0n) is 12.3. The van der Waals surface area contributed by atoms with E-state index in [4.69, 9.17) is 5.73 Å². The van der Waals surface area contributed by atoms with E-state index in [9.17, 15) is 0 Å². The van der Waals surface area contributed by atoms with Crippen LogP contribution in [0.5, 0.6) is 0 Å². The average molecular weight is 258 g/mol. The second-order valence-corrected chi connectivity index (χ2v) is 7.22. The molecule has 3 rings (SSSR count). The minimum Gasteiger partial charge on any atom is -0.329 e. The van der Waals surface area contributed by atoms with E-state index in [1.807, 2.05) is 0 Å². The lowest BCUT2D eigenvalue weighted by molar-refractivity contribution is 0.0198. The topological polar surface area (TPSA) is 29.3 Å². The fourth-order valence-corrected chi connectivity index (χ4v) is 3.71. The molecule has 2 aliphatic rings. The van der Waals surface area contributed by atoms with Gasteiger partial charge in [0.15, 0.2) is 0 Å². The van der Waals surface area contributed by atoms with Gasteiger partial charge in [-0.1, -0.05) is 38.1 Å². The molecule has 1 fully saturated rings. The second-order valence-electron chi connectivity index (χ2n) is 7.22. The molecule has 0 atom stereocenters. The van der Waals surface area contributed by atoms with Crippen molar-refractivity contribution in [1.29, 1.82) is 0 Å². The van der Waals surface area contributed by atoms with Crippen LogP contribution >= 0.6 is 0 Å². The fraction of sp³-hybridized carbons (Fsp3) is 0.647. The third kappa shape index (κ3) is 2.32. The van der Waals surface area contributed by atoms with Crippen molar-refractivity contribution >= 4 is 0 Å². The Kier molecular flexibility index (Phi) is 3.18. The lowest BCUT2D eigenvalue weighted by Crippen LogP contribution is -2.54. The maximum Gasteiger partial charge on any atom is 0.0339 e. The summed E-state index contributed by atoms with van der Waals surface area (Å²) >= 11 is 0. The van der Waals surface area contributed by atoms with Gasteiger partial charge in [0.1, 0.15) is 0 Å². The molecule has 19 heavy (non-hydrogen) atoms. The number of hydrogen-bond donors (Lipinski definition) is 1. The third-order valence-corrected chi connectivity index (χ3v) is 5.43. The highest BCUT2D eigenvalue weighted by molar-refractivity contribution is 5.31. The van der Waals surface area contributed by atoms with E-state index in [1.54, 1.807) is 0 Å². The van der Waals surface area contributed by atoms with Gasteiger partial charge in [-0.15, -0.1) is 0 Å². The smallest absolute Gasteiger partial charge is 0.0339 e. The van der Waals surface area contributed by atoms with Crippen LogP contribution in [-0.4, -0.2) is 17.0 Å². The minimum atomic E-state index is 0.245. The van der Waals surface area contributed by atoms with Crippen molar-refractivity contribution in [3.63, 3.8) is 0 Å². The number of fused-ring (bicyclic) bond motifs is 1. The number of benzene rings is 1. The summed E-state index contributed by atoms with van der Waals surface area (Å²) in [5.41, 5.74) is 9.95. The molecule has 0 bridgehead atoms. The van der Waals surface area contributed by atoms with Gasteiger partial charge in [0.05, 0.1) is 0 Å². The van der Waals surface area contributed by atoms with Crippen LogP contribution in [0.3, 0.4) is 0 Å². The molecule has 1 aliphatic heterocycles. The zero-order valence-corrected chi connectivity index (χ0v) is 12.3. The van der Waals surface area contributed by atoms with Gasteiger partial charge in [0, 0.05) is 25.2 Å². The molecule has 1 saturated carbocycles. The summed E-state index contributed by atoms with van der Waals surface area (Å²) in [6.45, 7) is 7.77. The summed E-state index contributed by atoms with van der Waals surface area (Å²) in [6.07, 6.45) is 5.11. The number of nitrogens with two attached hydrogens (primary N) is 1. The summed E-state index contributed by atoms with van der Waals surface area (Å²) in [7, 11) is 0. The van der Waals surface area contributed by atoms with Crippen LogP contribution in [-0.2, 0) is 13.1 Å². The van der Waals surface area contributed by atoms with Gasteiger partial charge in [-0.3, -0.25) is 4.90 Å². The van der Waals surface area contributed by atoms with Crippen molar-refractivity contribution in [1.82, 2.24) is 4.90 Å². The van der Waals surface area contributed by atoms with Crippen molar-refractivity contribution in [2.24, 2.45) is 11.1 Å². The summed E-state index contributed by atoms with van der Waals surface area (Å²) < 4.78 is 0. The number of nitrogens with zero attached hydrogens (tertiary/aromatic N) is 1. The van der Waals surface area contributed by atoms with Gasteiger partial charge >= 0.3 is 0 Å². The molecular formula is C17H26N2. The van der Waals surface area contributed by atoms with E-state index >= 15 is 0 Å². The standard InChI is InChI=1S/C17H26N2/c1-16(2)7-9-17(13-18,10-8-16)19-11-14-5-3-4-6-15(14)12-19/h3-6H,7-13,18H2,1-2H3. The van der Waals surface area contributed by atoms with Gasteiger partial charge in [-0.2, -0.15) is 0 Å². The maximum atomic E-state index is 6.20. The van der Waals surface area contributed by atoms with E-state index in [1.165, 1.54) is 36.8 Å². The van der Waals surface area contributed by atoms with Crippen molar-refractivity contribution in [3.8, 4) is 0 Å². The Morgan fingerprint density at radius 3 is 2.00 bits per heavy atom. The Morgan fingerprint density at radius 2 is 1.53 bits per heavy atom. The normalized spacial score (nSPS) is 25.2. The first-order valence-electron chi connectivity index (χ1n) is 7.57. The molecule has 104 valence electrons. The van der Waals surface area contributed by atoms with Crippen LogP contribution in [0.2, 0.25) is 0 Å². The first-order valence-corrected chi connectivity index (χ1v) is 7.57. The van der Waals surface area contributed by atoms with E-state index < -0.39 is 0 Å². The molecular weight excluding hydrogens is 232 g/mol. The Labute approximate surface area is 117 Å². The van der Waals surface area contributed by atoms with Crippen LogP contribution in [0.4, 0.5) is 0 Å². The summed E-state index contributed by atoms with van der Waals surface area (Å²) in [5.74, 6) is 0. The molecule has 2 heteroatoms. The first-order chi connectivity index (χ1) is 9.05. The highest BCUT2D eigenvalue weighted by Gasteiger charge is 2.43. The fourth-order valence-electron chi connectivity index (χ4n) is 3.71. The van der Waals surface area contributed by atoms with Crippen LogP contribution in [0.1, 0.15) is 50.7 Å². The van der Waals surface area contributed by atoms with Crippen molar-refractivity contribution in [2.45, 2.75) is 58.2 Å². The van der Waals surface area contributed by atoms with Crippen LogP contribution < -0.4 is 5.73 Å². The van der Waals surface area contributed by atoms with E-state index in [0.29, 0.717) is 5.41 Å². The number of rotatable bonds is 2. The van der Waals surface area contributed by atoms with Crippen molar-refractivity contribution < 1.29 is 0 Å². The highest BCUT2D eigenvalue weighted by Crippen LogP contribution is 2.44. The molecule has 1 aromatic rings. The molecule has 0 aromatic heterocycles. The average Bonchev–Trinajstić information content (AvgIpc) is 2.84. The lowest BCUT2D eigenvalue weighted by Gasteiger charge is -2.48. The Bertz CT molecular complexity index is 429. The predicted octanol–water partition coefficient (Wildman–Crippen LogP) is 3.30. The molecule has 0 spiro atoms.